The standard InChI is InChI=1S/C31H47F3N2O5/c1-4-6-7-8-9-12-15-26-24-35-29(36-25-26)27-16-18-28(19-17-27)39-21-14-11-10-13-20-38-22-23-41-30(32,33)31(34,37-3)40-5-2/h16-19,24-25H,4-15,20-23H2,1-3H3. The third-order valence-electron chi connectivity index (χ3n) is 6.54. The molecule has 0 bridgehead atoms. The van der Waals surface area contributed by atoms with Crippen molar-refractivity contribution < 1.29 is 36.9 Å². The van der Waals surface area contributed by atoms with Gasteiger partial charge in [-0.25, -0.2) is 9.97 Å². The molecule has 232 valence electrons. The molecule has 0 amide bonds. The zero-order valence-electron chi connectivity index (χ0n) is 24.8. The molecule has 0 radical (unpaired) electrons. The summed E-state index contributed by atoms with van der Waals surface area (Å²) in [6.45, 7) is 3.74. The number of unbranched alkanes of at least 4 members (excludes halogenated alkanes) is 8. The van der Waals surface area contributed by atoms with Crippen LogP contribution in [0.1, 0.15) is 83.6 Å². The van der Waals surface area contributed by atoms with Crippen molar-refractivity contribution in [2.75, 3.05) is 40.1 Å². The molecule has 0 saturated heterocycles. The number of rotatable bonds is 24. The summed E-state index contributed by atoms with van der Waals surface area (Å²) in [5.74, 6) is 1.51. The second kappa shape index (κ2) is 19.8. The first-order valence-corrected chi connectivity index (χ1v) is 14.9. The second-order valence-electron chi connectivity index (χ2n) is 9.87. The summed E-state index contributed by atoms with van der Waals surface area (Å²) in [7, 11) is 0.789. The molecule has 0 aliphatic rings. The van der Waals surface area contributed by atoms with E-state index in [1.165, 1.54) is 51.0 Å². The molecule has 1 aromatic carbocycles. The number of aromatic nitrogens is 2. The van der Waals surface area contributed by atoms with Gasteiger partial charge in [0.15, 0.2) is 5.82 Å². The van der Waals surface area contributed by atoms with E-state index in [0.29, 0.717) is 19.0 Å². The van der Waals surface area contributed by atoms with E-state index >= 15 is 0 Å². The van der Waals surface area contributed by atoms with Crippen LogP contribution in [0.2, 0.25) is 0 Å². The van der Waals surface area contributed by atoms with Gasteiger partial charge in [-0.2, -0.15) is 13.2 Å². The highest BCUT2D eigenvalue weighted by molar-refractivity contribution is 5.55. The molecule has 41 heavy (non-hydrogen) atoms. The first kappa shape index (κ1) is 34.9. The van der Waals surface area contributed by atoms with Crippen LogP contribution in [0.4, 0.5) is 13.2 Å². The minimum atomic E-state index is -4.24. The van der Waals surface area contributed by atoms with E-state index in [0.717, 1.165) is 50.5 Å². The zero-order chi connectivity index (χ0) is 29.8. The molecule has 10 heteroatoms. The number of methoxy groups -OCH3 is 1. The largest absolute Gasteiger partial charge is 0.494 e. The fourth-order valence-corrected chi connectivity index (χ4v) is 4.16. The Morgan fingerprint density at radius 2 is 1.34 bits per heavy atom. The highest BCUT2D eigenvalue weighted by Crippen LogP contribution is 2.35. The fourth-order valence-electron chi connectivity index (χ4n) is 4.16. The van der Waals surface area contributed by atoms with Crippen LogP contribution in [-0.2, 0) is 25.4 Å². The molecule has 0 aliphatic carbocycles. The van der Waals surface area contributed by atoms with E-state index in [-0.39, 0.29) is 13.2 Å². The predicted octanol–water partition coefficient (Wildman–Crippen LogP) is 7.92. The maximum absolute atomic E-state index is 14.0. The van der Waals surface area contributed by atoms with Crippen LogP contribution in [0.15, 0.2) is 36.7 Å². The first-order valence-electron chi connectivity index (χ1n) is 14.9. The monoisotopic (exact) mass is 584 g/mol. The highest BCUT2D eigenvalue weighted by atomic mass is 19.3. The lowest BCUT2D eigenvalue weighted by atomic mass is 10.1. The molecular weight excluding hydrogens is 537 g/mol. The number of hydrogen-bond acceptors (Lipinski definition) is 7. The van der Waals surface area contributed by atoms with Gasteiger partial charge in [-0.05, 0) is 68.9 Å². The van der Waals surface area contributed by atoms with Crippen LogP contribution in [-0.4, -0.2) is 62.3 Å². The van der Waals surface area contributed by atoms with Gasteiger partial charge < -0.3 is 23.7 Å². The van der Waals surface area contributed by atoms with Crippen LogP contribution in [0.3, 0.4) is 0 Å². The highest BCUT2D eigenvalue weighted by Gasteiger charge is 2.59. The lowest BCUT2D eigenvalue weighted by Crippen LogP contribution is -2.50. The molecule has 0 fully saturated rings. The fraction of sp³-hybridized carbons (Fsp3) is 0.677. The van der Waals surface area contributed by atoms with Gasteiger partial charge in [0.05, 0.1) is 26.4 Å². The van der Waals surface area contributed by atoms with Gasteiger partial charge >= 0.3 is 12.1 Å². The number of aryl methyl sites for hydroxylation is 1. The van der Waals surface area contributed by atoms with E-state index in [4.69, 9.17) is 9.47 Å². The SMILES string of the molecule is CCCCCCCCc1cnc(-c2ccc(OCCCCCCOCCOC(F)(F)C(F)(OC)OCC)cc2)nc1. The Labute approximate surface area is 243 Å². The minimum Gasteiger partial charge on any atom is -0.494 e. The first-order chi connectivity index (χ1) is 19.8. The molecule has 0 aliphatic heterocycles. The average molecular weight is 585 g/mol. The number of nitrogens with zero attached hydrogens (tertiary/aromatic N) is 2. The van der Waals surface area contributed by atoms with Crippen LogP contribution in [0.25, 0.3) is 11.4 Å². The average Bonchev–Trinajstić information content (AvgIpc) is 2.98. The van der Waals surface area contributed by atoms with Gasteiger partial charge in [-0.15, -0.1) is 0 Å². The quantitative estimate of drug-likeness (QED) is 0.0917. The van der Waals surface area contributed by atoms with E-state index < -0.39 is 18.8 Å². The second-order valence-corrected chi connectivity index (χ2v) is 9.87. The Morgan fingerprint density at radius 3 is 2.00 bits per heavy atom. The molecule has 0 spiro atoms. The van der Waals surface area contributed by atoms with Gasteiger partial charge in [0.2, 0.25) is 0 Å². The molecule has 2 rings (SSSR count). The van der Waals surface area contributed by atoms with Crippen molar-refractivity contribution in [1.29, 1.82) is 0 Å². The lowest BCUT2D eigenvalue weighted by Gasteiger charge is -2.30. The Morgan fingerprint density at radius 1 is 0.707 bits per heavy atom. The number of ether oxygens (including phenoxy) is 5. The van der Waals surface area contributed by atoms with Crippen molar-refractivity contribution in [3.63, 3.8) is 0 Å². The number of alkyl halides is 3. The Hall–Kier alpha value is -2.27. The van der Waals surface area contributed by atoms with Gasteiger partial charge in [0.1, 0.15) is 5.75 Å². The van der Waals surface area contributed by atoms with Crippen molar-refractivity contribution in [3.05, 3.63) is 42.2 Å². The molecule has 1 unspecified atom stereocenters. The van der Waals surface area contributed by atoms with Gasteiger partial charge in [0.25, 0.3) is 0 Å². The van der Waals surface area contributed by atoms with Crippen molar-refractivity contribution >= 4 is 0 Å². The van der Waals surface area contributed by atoms with Gasteiger partial charge in [-0.3, -0.25) is 0 Å². The zero-order valence-corrected chi connectivity index (χ0v) is 24.8. The summed E-state index contributed by atoms with van der Waals surface area (Å²) in [6, 6.07) is 4.16. The normalized spacial score (nSPS) is 13.3. The predicted molar refractivity (Wildman–Crippen MR) is 153 cm³/mol. The van der Waals surface area contributed by atoms with Crippen molar-refractivity contribution in [1.82, 2.24) is 9.97 Å². The summed E-state index contributed by atoms with van der Waals surface area (Å²) in [5.41, 5.74) is 2.13. The van der Waals surface area contributed by atoms with Crippen molar-refractivity contribution in [2.24, 2.45) is 0 Å². The van der Waals surface area contributed by atoms with Crippen LogP contribution >= 0.6 is 0 Å². The van der Waals surface area contributed by atoms with Crippen LogP contribution < -0.4 is 4.74 Å². The Bertz CT molecular complexity index is 934. The maximum Gasteiger partial charge on any atom is 0.443 e. The van der Waals surface area contributed by atoms with Crippen LogP contribution in [0, 0.1) is 0 Å². The smallest absolute Gasteiger partial charge is 0.443 e. The summed E-state index contributed by atoms with van der Waals surface area (Å²) in [5, 5.41) is 0. The van der Waals surface area contributed by atoms with Crippen LogP contribution in [0.5, 0.6) is 5.75 Å². The van der Waals surface area contributed by atoms with E-state index in [2.05, 4.69) is 31.1 Å². The van der Waals surface area contributed by atoms with E-state index in [9.17, 15) is 13.2 Å². The van der Waals surface area contributed by atoms with E-state index in [1.807, 2.05) is 36.7 Å². The molecule has 0 saturated carbocycles. The van der Waals surface area contributed by atoms with Crippen molar-refractivity contribution in [3.8, 4) is 17.1 Å². The Kier molecular flexibility index (Phi) is 16.8. The third-order valence-corrected chi connectivity index (χ3v) is 6.54. The molecule has 1 aromatic heterocycles. The summed E-state index contributed by atoms with van der Waals surface area (Å²) < 4.78 is 65.5. The Balaban J connectivity index is 1.53. The third kappa shape index (κ3) is 13.1. The topological polar surface area (TPSA) is 71.9 Å². The van der Waals surface area contributed by atoms with Gasteiger partial charge in [0, 0.05) is 31.7 Å². The molecule has 0 N–H and O–H groups in total. The van der Waals surface area contributed by atoms with Gasteiger partial charge in [-0.1, -0.05) is 45.4 Å². The molecular formula is C31H47F3N2O5. The minimum absolute atomic E-state index is 0.0883. The number of halogens is 3. The number of hydrogen-bond donors (Lipinski definition) is 0. The molecule has 7 nitrogen and oxygen atoms in total. The van der Waals surface area contributed by atoms with Crippen molar-refractivity contribution in [2.45, 2.75) is 96.6 Å². The lowest BCUT2D eigenvalue weighted by molar-refractivity contribution is -0.464. The molecule has 1 atom stereocenters. The van der Waals surface area contributed by atoms with E-state index in [1.54, 1.807) is 0 Å². The molecule has 1 heterocycles. The summed E-state index contributed by atoms with van der Waals surface area (Å²) in [4.78, 5) is 9.07. The summed E-state index contributed by atoms with van der Waals surface area (Å²) in [6.07, 6.45) is 11.8. The maximum atomic E-state index is 14.0. The molecule has 2 aromatic rings. The summed E-state index contributed by atoms with van der Waals surface area (Å²) >= 11 is 0. The number of benzene rings is 1.